The maximum atomic E-state index is 12.2. The largest absolute Gasteiger partial charge is 0.319 e. The van der Waals surface area contributed by atoms with Crippen LogP contribution in [0.3, 0.4) is 0 Å². The lowest BCUT2D eigenvalue weighted by molar-refractivity contribution is 0.268. The van der Waals surface area contributed by atoms with E-state index >= 15 is 0 Å². The summed E-state index contributed by atoms with van der Waals surface area (Å²) < 4.78 is 28.7. The Hall–Kier alpha value is -0.540. The minimum absolute atomic E-state index is 0.408. The zero-order chi connectivity index (χ0) is 15.3. The number of hydrogen-bond acceptors (Lipinski definition) is 5. The van der Waals surface area contributed by atoms with E-state index in [-0.39, 0.29) is 0 Å². The molecule has 6 nitrogen and oxygen atoms in total. The molecule has 0 atom stereocenters. The summed E-state index contributed by atoms with van der Waals surface area (Å²) in [4.78, 5) is 4.34. The van der Waals surface area contributed by atoms with E-state index in [0.29, 0.717) is 32.0 Å². The first-order valence-electron chi connectivity index (χ1n) is 7.31. The van der Waals surface area contributed by atoms with E-state index in [1.807, 2.05) is 19.4 Å². The van der Waals surface area contributed by atoms with Crippen molar-refractivity contribution in [3.05, 3.63) is 16.1 Å². The molecule has 1 aromatic rings. The van der Waals surface area contributed by atoms with Crippen molar-refractivity contribution >= 4 is 21.5 Å². The molecule has 1 aliphatic heterocycles. The summed E-state index contributed by atoms with van der Waals surface area (Å²) in [5.74, 6) is 0.583. The van der Waals surface area contributed by atoms with Gasteiger partial charge in [0, 0.05) is 37.1 Å². The van der Waals surface area contributed by atoms with Crippen LogP contribution < -0.4 is 10.0 Å². The van der Waals surface area contributed by atoms with Crippen LogP contribution in [-0.2, 0) is 16.6 Å². The highest BCUT2D eigenvalue weighted by Crippen LogP contribution is 2.18. The van der Waals surface area contributed by atoms with Crippen LogP contribution in [0.15, 0.2) is 5.38 Å². The highest BCUT2D eigenvalue weighted by atomic mass is 32.2. The zero-order valence-electron chi connectivity index (χ0n) is 12.6. The molecular formula is C13H24N4O2S2. The summed E-state index contributed by atoms with van der Waals surface area (Å²) in [5.41, 5.74) is 0.990. The SMILES string of the molecule is CNCC1CCN(S(=O)(=O)NCCc2nc(C)cs2)CC1. The number of thiazole rings is 1. The number of aromatic nitrogens is 1. The summed E-state index contributed by atoms with van der Waals surface area (Å²) in [6, 6.07) is 0. The number of hydrogen-bond donors (Lipinski definition) is 2. The normalized spacial score (nSPS) is 18.2. The third kappa shape index (κ3) is 5.00. The second kappa shape index (κ2) is 7.64. The van der Waals surface area contributed by atoms with Crippen molar-refractivity contribution in [2.75, 3.05) is 33.2 Å². The fourth-order valence-electron chi connectivity index (χ4n) is 2.54. The summed E-state index contributed by atoms with van der Waals surface area (Å²) in [6.07, 6.45) is 2.49. The van der Waals surface area contributed by atoms with Crippen LogP contribution in [0, 0.1) is 12.8 Å². The van der Waals surface area contributed by atoms with Gasteiger partial charge in [-0.15, -0.1) is 11.3 Å². The number of nitrogens with zero attached hydrogens (tertiary/aromatic N) is 2. The van der Waals surface area contributed by atoms with Gasteiger partial charge in [0.1, 0.15) is 0 Å². The molecule has 8 heteroatoms. The first-order chi connectivity index (χ1) is 10.0. The Labute approximate surface area is 131 Å². The molecular weight excluding hydrogens is 308 g/mol. The molecule has 1 saturated heterocycles. The lowest BCUT2D eigenvalue weighted by Crippen LogP contribution is -2.46. The molecule has 2 N–H and O–H groups in total. The quantitative estimate of drug-likeness (QED) is 0.773. The van der Waals surface area contributed by atoms with Gasteiger partial charge >= 0.3 is 0 Å². The van der Waals surface area contributed by atoms with Gasteiger partial charge < -0.3 is 5.32 Å². The Kier molecular flexibility index (Phi) is 6.12. The summed E-state index contributed by atoms with van der Waals surface area (Å²) >= 11 is 1.57. The van der Waals surface area contributed by atoms with Gasteiger partial charge in [-0.2, -0.15) is 12.7 Å². The van der Waals surface area contributed by atoms with Crippen molar-refractivity contribution in [1.82, 2.24) is 19.3 Å². The van der Waals surface area contributed by atoms with E-state index in [1.165, 1.54) is 0 Å². The first-order valence-corrected chi connectivity index (χ1v) is 9.63. The molecule has 1 aromatic heterocycles. The molecule has 1 fully saturated rings. The Morgan fingerprint density at radius 2 is 2.14 bits per heavy atom. The minimum Gasteiger partial charge on any atom is -0.319 e. The fourth-order valence-corrected chi connectivity index (χ4v) is 4.55. The average molecular weight is 332 g/mol. The topological polar surface area (TPSA) is 74.3 Å². The van der Waals surface area contributed by atoms with Crippen LogP contribution >= 0.6 is 11.3 Å². The van der Waals surface area contributed by atoms with Gasteiger partial charge in [-0.3, -0.25) is 0 Å². The minimum atomic E-state index is -3.35. The number of nitrogens with one attached hydrogen (secondary N) is 2. The second-order valence-electron chi connectivity index (χ2n) is 5.43. The van der Waals surface area contributed by atoms with Gasteiger partial charge in [0.15, 0.2) is 0 Å². The van der Waals surface area contributed by atoms with Crippen molar-refractivity contribution in [2.45, 2.75) is 26.2 Å². The van der Waals surface area contributed by atoms with Crippen molar-refractivity contribution < 1.29 is 8.42 Å². The van der Waals surface area contributed by atoms with E-state index < -0.39 is 10.2 Å². The molecule has 0 unspecified atom stereocenters. The van der Waals surface area contributed by atoms with E-state index in [0.717, 1.165) is 30.1 Å². The van der Waals surface area contributed by atoms with Crippen LogP contribution in [-0.4, -0.2) is 50.9 Å². The maximum Gasteiger partial charge on any atom is 0.279 e. The lowest BCUT2D eigenvalue weighted by atomic mass is 9.98. The maximum absolute atomic E-state index is 12.2. The summed E-state index contributed by atoms with van der Waals surface area (Å²) in [5, 5.41) is 6.11. The Bertz CT molecular complexity index is 536. The van der Waals surface area contributed by atoms with Crippen LogP contribution in [0.25, 0.3) is 0 Å². The van der Waals surface area contributed by atoms with Gasteiger partial charge in [-0.1, -0.05) is 0 Å². The predicted octanol–water partition coefficient (Wildman–Crippen LogP) is 0.760. The molecule has 21 heavy (non-hydrogen) atoms. The standard InChI is InChI=1S/C13H24N4O2S2/c1-11-10-20-13(16-11)3-6-15-21(18,19)17-7-4-12(5-8-17)9-14-2/h10,12,14-15H,3-9H2,1-2H3. The first kappa shape index (κ1) is 16.8. The van der Waals surface area contributed by atoms with E-state index in [4.69, 9.17) is 0 Å². The molecule has 2 rings (SSSR count). The van der Waals surface area contributed by atoms with Crippen LogP contribution in [0.1, 0.15) is 23.5 Å². The van der Waals surface area contributed by atoms with Crippen LogP contribution in [0.2, 0.25) is 0 Å². The Morgan fingerprint density at radius 3 is 2.71 bits per heavy atom. The van der Waals surface area contributed by atoms with E-state index in [1.54, 1.807) is 15.6 Å². The zero-order valence-corrected chi connectivity index (χ0v) is 14.3. The molecule has 0 bridgehead atoms. The molecule has 0 aliphatic carbocycles. The molecule has 0 amide bonds. The average Bonchev–Trinajstić information content (AvgIpc) is 2.85. The van der Waals surface area contributed by atoms with E-state index in [2.05, 4.69) is 15.0 Å². The van der Waals surface area contributed by atoms with E-state index in [9.17, 15) is 8.42 Å². The Morgan fingerprint density at radius 1 is 1.43 bits per heavy atom. The van der Waals surface area contributed by atoms with Gasteiger partial charge in [-0.25, -0.2) is 9.71 Å². The van der Waals surface area contributed by atoms with Gasteiger partial charge in [-0.05, 0) is 39.3 Å². The van der Waals surface area contributed by atoms with Crippen molar-refractivity contribution in [1.29, 1.82) is 0 Å². The third-order valence-corrected chi connectivity index (χ3v) is 6.34. The van der Waals surface area contributed by atoms with Gasteiger partial charge in [0.05, 0.1) is 5.01 Å². The monoisotopic (exact) mass is 332 g/mol. The predicted molar refractivity (Wildman–Crippen MR) is 85.7 cm³/mol. The molecule has 0 aromatic carbocycles. The van der Waals surface area contributed by atoms with Crippen LogP contribution in [0.4, 0.5) is 0 Å². The Balaban J connectivity index is 1.77. The molecule has 1 aliphatic rings. The highest BCUT2D eigenvalue weighted by molar-refractivity contribution is 7.87. The number of aryl methyl sites for hydroxylation is 1. The van der Waals surface area contributed by atoms with Crippen molar-refractivity contribution in [3.8, 4) is 0 Å². The molecule has 0 spiro atoms. The van der Waals surface area contributed by atoms with Gasteiger partial charge in [0.2, 0.25) is 0 Å². The van der Waals surface area contributed by atoms with Crippen LogP contribution in [0.5, 0.6) is 0 Å². The molecule has 0 saturated carbocycles. The molecule has 2 heterocycles. The van der Waals surface area contributed by atoms with Gasteiger partial charge in [0.25, 0.3) is 10.2 Å². The smallest absolute Gasteiger partial charge is 0.279 e. The summed E-state index contributed by atoms with van der Waals surface area (Å²) in [6.45, 7) is 4.53. The van der Waals surface area contributed by atoms with Crippen molar-refractivity contribution in [3.63, 3.8) is 0 Å². The molecule has 0 radical (unpaired) electrons. The van der Waals surface area contributed by atoms with Crippen molar-refractivity contribution in [2.24, 2.45) is 5.92 Å². The molecule has 120 valence electrons. The fraction of sp³-hybridized carbons (Fsp3) is 0.769. The third-order valence-electron chi connectivity index (χ3n) is 3.70. The highest BCUT2D eigenvalue weighted by Gasteiger charge is 2.27. The number of piperidine rings is 1. The lowest BCUT2D eigenvalue weighted by Gasteiger charge is -2.31. The second-order valence-corrected chi connectivity index (χ2v) is 8.13. The summed E-state index contributed by atoms with van der Waals surface area (Å²) in [7, 11) is -1.41. The number of rotatable bonds is 7.